The maximum absolute atomic E-state index is 4.87. The highest BCUT2D eigenvalue weighted by Crippen LogP contribution is 1.84. The summed E-state index contributed by atoms with van der Waals surface area (Å²) in [7, 11) is 3.33. The topological polar surface area (TPSA) is 18.5 Å². The van der Waals surface area contributed by atoms with E-state index in [0.717, 1.165) is 0 Å². The molecule has 2 nitrogen and oxygen atoms in total. The average Bonchev–Trinajstić information content (AvgIpc) is 1.93. The van der Waals surface area contributed by atoms with Crippen molar-refractivity contribution in [3.05, 3.63) is 13.2 Å². The van der Waals surface area contributed by atoms with Gasteiger partial charge in [0.25, 0.3) is 0 Å². The van der Waals surface area contributed by atoms with Gasteiger partial charge < -0.3 is 9.47 Å². The lowest BCUT2D eigenvalue weighted by Crippen LogP contribution is -2.11. The van der Waals surface area contributed by atoms with Gasteiger partial charge in [0.2, 0.25) is 0 Å². The van der Waals surface area contributed by atoms with Crippen LogP contribution in [-0.4, -0.2) is 26.9 Å². The third-order valence-electron chi connectivity index (χ3n) is 0.804. The van der Waals surface area contributed by atoms with Crippen molar-refractivity contribution in [1.82, 2.24) is 0 Å². The third-order valence-corrected chi connectivity index (χ3v) is 0.804. The standard InChI is InChI=1S/C5H12O2.C2H4/c1-5(7-3)4-6-2;1-2/h5H,4H2,1-3H3;1-2H2. The van der Waals surface area contributed by atoms with Crippen molar-refractivity contribution in [1.29, 1.82) is 0 Å². The van der Waals surface area contributed by atoms with E-state index >= 15 is 0 Å². The molecule has 2 heteroatoms. The number of methoxy groups -OCH3 is 2. The van der Waals surface area contributed by atoms with Crippen LogP contribution in [0.5, 0.6) is 0 Å². The molecule has 0 spiro atoms. The van der Waals surface area contributed by atoms with Gasteiger partial charge in [-0.15, -0.1) is 13.2 Å². The minimum absolute atomic E-state index is 0.227. The van der Waals surface area contributed by atoms with Crippen LogP contribution in [0.2, 0.25) is 0 Å². The van der Waals surface area contributed by atoms with Gasteiger partial charge in [0.05, 0.1) is 12.7 Å². The molecule has 0 amide bonds. The van der Waals surface area contributed by atoms with Crippen LogP contribution in [0.25, 0.3) is 0 Å². The Morgan fingerprint density at radius 3 is 1.89 bits per heavy atom. The normalized spacial score (nSPS) is 11.4. The molecule has 0 aromatic carbocycles. The van der Waals surface area contributed by atoms with Crippen LogP contribution in [0.1, 0.15) is 6.92 Å². The van der Waals surface area contributed by atoms with Gasteiger partial charge in [-0.25, -0.2) is 0 Å². The lowest BCUT2D eigenvalue weighted by atomic mass is 10.4. The van der Waals surface area contributed by atoms with Crippen LogP contribution >= 0.6 is 0 Å². The summed E-state index contributed by atoms with van der Waals surface area (Å²) in [5.41, 5.74) is 0. The minimum atomic E-state index is 0.227. The second-order valence-electron chi connectivity index (χ2n) is 1.50. The number of ether oxygens (including phenoxy) is 2. The lowest BCUT2D eigenvalue weighted by molar-refractivity contribution is 0.0401. The van der Waals surface area contributed by atoms with Crippen molar-refractivity contribution in [2.45, 2.75) is 13.0 Å². The Balaban J connectivity index is 0. The van der Waals surface area contributed by atoms with E-state index in [1.54, 1.807) is 14.2 Å². The third kappa shape index (κ3) is 11.3. The first-order valence-electron chi connectivity index (χ1n) is 2.83. The molecule has 0 aromatic rings. The molecule has 1 atom stereocenters. The summed E-state index contributed by atoms with van der Waals surface area (Å²) < 4.78 is 9.64. The number of hydrogen-bond donors (Lipinski definition) is 0. The molecule has 56 valence electrons. The Bertz CT molecular complexity index is 46.2. The molecule has 0 rings (SSSR count). The van der Waals surface area contributed by atoms with Crippen molar-refractivity contribution in [3.63, 3.8) is 0 Å². The zero-order valence-electron chi connectivity index (χ0n) is 6.52. The van der Waals surface area contributed by atoms with Crippen LogP contribution in [0.3, 0.4) is 0 Å². The number of rotatable bonds is 3. The molecule has 0 aliphatic rings. The predicted molar refractivity (Wildman–Crippen MR) is 39.6 cm³/mol. The Morgan fingerprint density at radius 1 is 1.33 bits per heavy atom. The summed E-state index contributed by atoms with van der Waals surface area (Å²) in [5, 5.41) is 0. The van der Waals surface area contributed by atoms with Gasteiger partial charge >= 0.3 is 0 Å². The summed E-state index contributed by atoms with van der Waals surface area (Å²) in [4.78, 5) is 0. The maximum Gasteiger partial charge on any atom is 0.0776 e. The van der Waals surface area contributed by atoms with E-state index in [-0.39, 0.29) is 6.10 Å². The average molecular weight is 132 g/mol. The first kappa shape index (κ1) is 11.5. The SMILES string of the molecule is C=C.COCC(C)OC. The molecule has 0 bridgehead atoms. The van der Waals surface area contributed by atoms with E-state index in [4.69, 9.17) is 9.47 Å². The highest BCUT2D eigenvalue weighted by atomic mass is 16.5. The van der Waals surface area contributed by atoms with Crippen molar-refractivity contribution >= 4 is 0 Å². The first-order chi connectivity index (χ1) is 4.31. The van der Waals surface area contributed by atoms with Crippen molar-refractivity contribution in [2.24, 2.45) is 0 Å². The first-order valence-corrected chi connectivity index (χ1v) is 2.83. The van der Waals surface area contributed by atoms with Gasteiger partial charge in [0, 0.05) is 14.2 Å². The Morgan fingerprint density at radius 2 is 1.78 bits per heavy atom. The molecule has 0 aliphatic carbocycles. The van der Waals surface area contributed by atoms with Gasteiger partial charge in [-0.1, -0.05) is 0 Å². The van der Waals surface area contributed by atoms with Crippen LogP contribution in [0, 0.1) is 0 Å². The largest absolute Gasteiger partial charge is 0.382 e. The smallest absolute Gasteiger partial charge is 0.0776 e. The van der Waals surface area contributed by atoms with Gasteiger partial charge in [-0.05, 0) is 6.92 Å². The highest BCUT2D eigenvalue weighted by molar-refractivity contribution is 4.41. The molecular formula is C7H16O2. The fourth-order valence-corrected chi connectivity index (χ4v) is 0.303. The molecule has 0 heterocycles. The molecule has 0 fully saturated rings. The molecule has 0 saturated heterocycles. The quantitative estimate of drug-likeness (QED) is 0.541. The highest BCUT2D eigenvalue weighted by Gasteiger charge is 1.93. The molecule has 0 N–H and O–H groups in total. The van der Waals surface area contributed by atoms with Crippen molar-refractivity contribution in [3.8, 4) is 0 Å². The summed E-state index contributed by atoms with van der Waals surface area (Å²) in [5.74, 6) is 0. The van der Waals surface area contributed by atoms with E-state index in [9.17, 15) is 0 Å². The number of hydrogen-bond acceptors (Lipinski definition) is 2. The van der Waals surface area contributed by atoms with E-state index in [1.807, 2.05) is 6.92 Å². The monoisotopic (exact) mass is 132 g/mol. The van der Waals surface area contributed by atoms with Crippen LogP contribution in [0.15, 0.2) is 13.2 Å². The Labute approximate surface area is 57.5 Å². The Kier molecular flexibility index (Phi) is 13.5. The van der Waals surface area contributed by atoms with Gasteiger partial charge in [-0.3, -0.25) is 0 Å². The molecule has 1 unspecified atom stereocenters. The second-order valence-corrected chi connectivity index (χ2v) is 1.50. The van der Waals surface area contributed by atoms with E-state index < -0.39 is 0 Å². The van der Waals surface area contributed by atoms with Crippen LogP contribution in [0.4, 0.5) is 0 Å². The van der Waals surface area contributed by atoms with E-state index in [1.165, 1.54) is 0 Å². The molecular weight excluding hydrogens is 116 g/mol. The lowest BCUT2D eigenvalue weighted by Gasteiger charge is -2.05. The van der Waals surface area contributed by atoms with Gasteiger partial charge in [-0.2, -0.15) is 0 Å². The van der Waals surface area contributed by atoms with Crippen LogP contribution in [-0.2, 0) is 9.47 Å². The predicted octanol–water partition coefficient (Wildman–Crippen LogP) is 1.47. The molecule has 0 aromatic heterocycles. The molecule has 0 saturated carbocycles. The van der Waals surface area contributed by atoms with Gasteiger partial charge in [0.15, 0.2) is 0 Å². The molecule has 9 heavy (non-hydrogen) atoms. The minimum Gasteiger partial charge on any atom is -0.382 e. The zero-order chi connectivity index (χ0) is 7.70. The van der Waals surface area contributed by atoms with Crippen LogP contribution < -0.4 is 0 Å². The maximum atomic E-state index is 4.87. The summed E-state index contributed by atoms with van der Waals surface area (Å²) in [6.07, 6.45) is 0.227. The van der Waals surface area contributed by atoms with E-state index in [2.05, 4.69) is 13.2 Å². The van der Waals surface area contributed by atoms with Gasteiger partial charge in [0.1, 0.15) is 0 Å². The fourth-order valence-electron chi connectivity index (χ4n) is 0.303. The Hall–Kier alpha value is -0.340. The molecule has 0 aliphatic heterocycles. The van der Waals surface area contributed by atoms with E-state index in [0.29, 0.717) is 6.61 Å². The fraction of sp³-hybridized carbons (Fsp3) is 0.714. The molecule has 0 radical (unpaired) electrons. The summed E-state index contributed by atoms with van der Waals surface area (Å²) in [6, 6.07) is 0. The van der Waals surface area contributed by atoms with Crippen molar-refractivity contribution in [2.75, 3.05) is 20.8 Å². The summed E-state index contributed by atoms with van der Waals surface area (Å²) >= 11 is 0. The van der Waals surface area contributed by atoms with Crippen molar-refractivity contribution < 1.29 is 9.47 Å². The second kappa shape index (κ2) is 10.6. The zero-order valence-corrected chi connectivity index (χ0v) is 6.52. The summed E-state index contributed by atoms with van der Waals surface area (Å²) in [6.45, 7) is 8.64.